The molecule has 1 fully saturated rings. The van der Waals surface area contributed by atoms with Gasteiger partial charge in [0.25, 0.3) is 0 Å². The van der Waals surface area contributed by atoms with Gasteiger partial charge in [-0.25, -0.2) is 4.79 Å². The molecule has 0 radical (unpaired) electrons. The lowest BCUT2D eigenvalue weighted by atomic mass is 10.1. The Morgan fingerprint density at radius 3 is 3.05 bits per heavy atom. The Labute approximate surface area is 123 Å². The summed E-state index contributed by atoms with van der Waals surface area (Å²) in [6, 6.07) is 8.51. The van der Waals surface area contributed by atoms with E-state index in [4.69, 9.17) is 10.00 Å². The minimum atomic E-state index is -0.502. The molecular formula is C15H19N3O3. The van der Waals surface area contributed by atoms with Gasteiger partial charge in [0.15, 0.2) is 0 Å². The first-order valence-corrected chi connectivity index (χ1v) is 6.78. The Morgan fingerprint density at radius 1 is 1.62 bits per heavy atom. The molecule has 0 saturated carbocycles. The van der Waals surface area contributed by atoms with Gasteiger partial charge in [0.1, 0.15) is 0 Å². The summed E-state index contributed by atoms with van der Waals surface area (Å²) in [5.41, 5.74) is 0.560. The van der Waals surface area contributed by atoms with Gasteiger partial charge in [0.2, 0.25) is 0 Å². The molecule has 1 aromatic rings. The number of urea groups is 1. The number of morpholine rings is 1. The topological polar surface area (TPSA) is 85.6 Å². The number of amides is 2. The van der Waals surface area contributed by atoms with Crippen LogP contribution in [0.4, 0.5) is 10.5 Å². The smallest absolute Gasteiger partial charge is 0.322 e. The second kappa shape index (κ2) is 6.12. The number of benzene rings is 1. The van der Waals surface area contributed by atoms with E-state index >= 15 is 0 Å². The molecule has 2 rings (SSSR count). The lowest BCUT2D eigenvalue weighted by Crippen LogP contribution is -2.56. The Kier molecular flexibility index (Phi) is 4.46. The van der Waals surface area contributed by atoms with E-state index in [1.807, 2.05) is 19.9 Å². The van der Waals surface area contributed by atoms with E-state index in [-0.39, 0.29) is 18.7 Å². The Bertz CT molecular complexity index is 566. The number of nitrogens with one attached hydrogen (secondary N) is 1. The molecule has 0 spiro atoms. The van der Waals surface area contributed by atoms with Crippen LogP contribution in [0, 0.1) is 11.3 Å². The number of carbonyl (C=O) groups excluding carboxylic acids is 1. The zero-order valence-corrected chi connectivity index (χ0v) is 12.2. The summed E-state index contributed by atoms with van der Waals surface area (Å²) in [6.45, 7) is 4.41. The summed E-state index contributed by atoms with van der Waals surface area (Å²) in [5.74, 6) is 0. The van der Waals surface area contributed by atoms with E-state index in [1.165, 1.54) is 0 Å². The number of hydrogen-bond acceptors (Lipinski definition) is 4. The van der Waals surface area contributed by atoms with Crippen LogP contribution in [0.2, 0.25) is 0 Å². The zero-order valence-electron chi connectivity index (χ0n) is 12.2. The van der Waals surface area contributed by atoms with Crippen LogP contribution in [0.5, 0.6) is 0 Å². The molecule has 1 aliphatic heterocycles. The van der Waals surface area contributed by atoms with Gasteiger partial charge < -0.3 is 20.1 Å². The third-order valence-electron chi connectivity index (χ3n) is 3.22. The fraction of sp³-hybridized carbons (Fsp3) is 0.467. The first-order chi connectivity index (χ1) is 9.93. The minimum absolute atomic E-state index is 0.128. The molecule has 2 N–H and O–H groups in total. The Balaban J connectivity index is 2.07. The van der Waals surface area contributed by atoms with Crippen molar-refractivity contribution < 1.29 is 14.6 Å². The van der Waals surface area contributed by atoms with Crippen LogP contribution < -0.4 is 5.32 Å². The second-order valence-corrected chi connectivity index (χ2v) is 5.69. The summed E-state index contributed by atoms with van der Waals surface area (Å²) in [6.07, 6.45) is -0.384. The van der Waals surface area contributed by atoms with Crippen molar-refractivity contribution in [3.8, 4) is 6.07 Å². The van der Waals surface area contributed by atoms with Crippen molar-refractivity contribution in [3.63, 3.8) is 0 Å². The van der Waals surface area contributed by atoms with E-state index in [0.717, 1.165) is 0 Å². The molecule has 1 saturated heterocycles. The Hall–Kier alpha value is -2.10. The number of hydrogen-bond donors (Lipinski definition) is 2. The van der Waals surface area contributed by atoms with Crippen molar-refractivity contribution in [3.05, 3.63) is 29.8 Å². The maximum atomic E-state index is 12.3. The van der Waals surface area contributed by atoms with Crippen molar-refractivity contribution in [1.29, 1.82) is 5.26 Å². The summed E-state index contributed by atoms with van der Waals surface area (Å²) >= 11 is 0. The van der Waals surface area contributed by atoms with Crippen molar-refractivity contribution in [2.24, 2.45) is 0 Å². The van der Waals surface area contributed by atoms with Crippen LogP contribution in [0.3, 0.4) is 0 Å². The van der Waals surface area contributed by atoms with Crippen LogP contribution in [0.15, 0.2) is 24.3 Å². The molecule has 6 nitrogen and oxygen atoms in total. The number of aliphatic hydroxyl groups excluding tert-OH is 1. The highest BCUT2D eigenvalue weighted by Gasteiger charge is 2.35. The average Bonchev–Trinajstić information content (AvgIpc) is 2.45. The summed E-state index contributed by atoms with van der Waals surface area (Å²) < 4.78 is 5.68. The molecule has 6 heteroatoms. The average molecular weight is 289 g/mol. The van der Waals surface area contributed by atoms with Crippen molar-refractivity contribution in [1.82, 2.24) is 4.90 Å². The fourth-order valence-electron chi connectivity index (χ4n) is 2.41. The third kappa shape index (κ3) is 3.94. The van der Waals surface area contributed by atoms with Crippen LogP contribution in [0.25, 0.3) is 0 Å². The predicted octanol–water partition coefficient (Wildman–Crippen LogP) is 1.56. The van der Waals surface area contributed by atoms with E-state index in [2.05, 4.69) is 5.32 Å². The predicted molar refractivity (Wildman–Crippen MR) is 77.8 cm³/mol. The lowest BCUT2D eigenvalue weighted by molar-refractivity contribution is -0.137. The first-order valence-electron chi connectivity index (χ1n) is 6.78. The van der Waals surface area contributed by atoms with Crippen molar-refractivity contribution in [2.45, 2.75) is 25.6 Å². The monoisotopic (exact) mass is 289 g/mol. The molecule has 0 bridgehead atoms. The Morgan fingerprint density at radius 2 is 2.38 bits per heavy atom. The highest BCUT2D eigenvalue weighted by molar-refractivity contribution is 5.89. The van der Waals surface area contributed by atoms with Gasteiger partial charge in [-0.3, -0.25) is 0 Å². The maximum absolute atomic E-state index is 12.3. The highest BCUT2D eigenvalue weighted by atomic mass is 16.5. The summed E-state index contributed by atoms with van der Waals surface area (Å²) in [4.78, 5) is 13.9. The van der Waals surface area contributed by atoms with Crippen molar-refractivity contribution >= 4 is 11.7 Å². The molecule has 21 heavy (non-hydrogen) atoms. The molecule has 1 heterocycles. The largest absolute Gasteiger partial charge is 0.394 e. The molecule has 112 valence electrons. The van der Waals surface area contributed by atoms with Crippen LogP contribution in [-0.2, 0) is 4.74 Å². The molecule has 0 aromatic heterocycles. The van der Waals surface area contributed by atoms with E-state index < -0.39 is 5.60 Å². The van der Waals surface area contributed by atoms with Gasteiger partial charge >= 0.3 is 6.03 Å². The summed E-state index contributed by atoms with van der Waals surface area (Å²) in [5, 5.41) is 20.9. The summed E-state index contributed by atoms with van der Waals surface area (Å²) in [7, 11) is 0. The normalized spacial score (nSPS) is 20.7. The number of ether oxygens (including phenoxy) is 1. The highest BCUT2D eigenvalue weighted by Crippen LogP contribution is 2.21. The maximum Gasteiger partial charge on any atom is 0.322 e. The standard InChI is InChI=1S/C15H19N3O3/c1-15(2)10-18(8-13(9-19)21-15)14(20)17-12-5-3-4-11(6-12)7-16/h3-6,13,19H,8-10H2,1-2H3,(H,17,20). The third-order valence-corrected chi connectivity index (χ3v) is 3.22. The number of nitriles is 1. The van der Waals surface area contributed by atoms with E-state index in [9.17, 15) is 9.90 Å². The van der Waals surface area contributed by atoms with Crippen LogP contribution in [0.1, 0.15) is 19.4 Å². The first kappa shape index (κ1) is 15.3. The molecule has 1 unspecified atom stereocenters. The number of carbonyl (C=O) groups is 1. The van der Waals surface area contributed by atoms with Gasteiger partial charge in [0, 0.05) is 5.69 Å². The van der Waals surface area contributed by atoms with Gasteiger partial charge in [-0.1, -0.05) is 6.07 Å². The van der Waals surface area contributed by atoms with Gasteiger partial charge in [-0.15, -0.1) is 0 Å². The van der Waals surface area contributed by atoms with Gasteiger partial charge in [-0.05, 0) is 32.0 Å². The molecule has 0 aliphatic carbocycles. The lowest BCUT2D eigenvalue weighted by Gasteiger charge is -2.42. The van der Waals surface area contributed by atoms with E-state index in [1.54, 1.807) is 29.2 Å². The molecular weight excluding hydrogens is 270 g/mol. The van der Waals surface area contributed by atoms with Gasteiger partial charge in [-0.2, -0.15) is 5.26 Å². The quantitative estimate of drug-likeness (QED) is 0.865. The number of aliphatic hydroxyl groups is 1. The van der Waals surface area contributed by atoms with E-state index in [0.29, 0.717) is 24.3 Å². The minimum Gasteiger partial charge on any atom is -0.394 e. The molecule has 2 amide bonds. The zero-order chi connectivity index (χ0) is 15.5. The SMILES string of the molecule is CC1(C)CN(C(=O)Nc2cccc(C#N)c2)CC(CO)O1. The molecule has 1 aromatic carbocycles. The van der Waals surface area contributed by atoms with Gasteiger partial charge in [0.05, 0.1) is 43.0 Å². The molecule has 1 atom stereocenters. The van der Waals surface area contributed by atoms with Crippen LogP contribution in [-0.4, -0.2) is 47.4 Å². The fourth-order valence-corrected chi connectivity index (χ4v) is 2.41. The second-order valence-electron chi connectivity index (χ2n) is 5.69. The number of nitrogens with zero attached hydrogens (tertiary/aromatic N) is 2. The number of rotatable bonds is 2. The van der Waals surface area contributed by atoms with Crippen molar-refractivity contribution in [2.75, 3.05) is 25.0 Å². The number of anilines is 1. The molecule has 1 aliphatic rings. The van der Waals surface area contributed by atoms with Crippen LogP contribution >= 0.6 is 0 Å².